The van der Waals surface area contributed by atoms with Crippen LogP contribution in [-0.4, -0.2) is 21.3 Å². The molecule has 0 fully saturated rings. The normalized spacial score (nSPS) is 10.4. The van der Waals surface area contributed by atoms with Gasteiger partial charge in [0.15, 0.2) is 0 Å². The van der Waals surface area contributed by atoms with E-state index in [1.807, 2.05) is 41.2 Å². The van der Waals surface area contributed by atoms with Crippen molar-refractivity contribution < 1.29 is 0 Å². The average Bonchev–Trinajstić information content (AvgIpc) is 3.04. The standard InChI is InChI=1S/C16H15N5/c17-11-13-12-19-15-6-2-1-5-14(15)16(13)18-7-3-9-21-10-4-8-20-21/h1-2,4-6,8,10,12H,3,7,9H2,(H,18,19). The zero-order valence-corrected chi connectivity index (χ0v) is 11.5. The van der Waals surface area contributed by atoms with Crippen molar-refractivity contribution in [3.63, 3.8) is 0 Å². The molecule has 0 aliphatic rings. The molecule has 2 heterocycles. The minimum absolute atomic E-state index is 0.577. The lowest BCUT2D eigenvalue weighted by atomic mass is 10.1. The first kappa shape index (κ1) is 13.1. The summed E-state index contributed by atoms with van der Waals surface area (Å²) >= 11 is 0. The van der Waals surface area contributed by atoms with Gasteiger partial charge in [0.25, 0.3) is 0 Å². The summed E-state index contributed by atoms with van der Waals surface area (Å²) in [5.74, 6) is 0. The second kappa shape index (κ2) is 6.06. The molecule has 0 bridgehead atoms. The molecule has 5 nitrogen and oxygen atoms in total. The third-order valence-electron chi connectivity index (χ3n) is 3.32. The van der Waals surface area contributed by atoms with Crippen LogP contribution in [0, 0.1) is 11.3 Å². The lowest BCUT2D eigenvalue weighted by Gasteiger charge is -2.11. The minimum Gasteiger partial charge on any atom is -0.383 e. The number of nitriles is 1. The Hall–Kier alpha value is -2.87. The van der Waals surface area contributed by atoms with Crippen LogP contribution in [0.15, 0.2) is 48.9 Å². The topological polar surface area (TPSA) is 66.5 Å². The van der Waals surface area contributed by atoms with E-state index >= 15 is 0 Å². The molecule has 104 valence electrons. The Kier molecular flexibility index (Phi) is 3.79. The van der Waals surface area contributed by atoms with Gasteiger partial charge in [-0.15, -0.1) is 0 Å². The molecule has 5 heteroatoms. The maximum absolute atomic E-state index is 9.24. The highest BCUT2D eigenvalue weighted by Gasteiger charge is 2.07. The summed E-state index contributed by atoms with van der Waals surface area (Å²) in [4.78, 5) is 4.30. The molecule has 3 rings (SSSR count). The third kappa shape index (κ3) is 2.84. The van der Waals surface area contributed by atoms with E-state index < -0.39 is 0 Å². The molecule has 0 saturated heterocycles. The van der Waals surface area contributed by atoms with Crippen LogP contribution in [0.25, 0.3) is 10.9 Å². The van der Waals surface area contributed by atoms with Gasteiger partial charge in [0.05, 0.1) is 16.8 Å². The quantitative estimate of drug-likeness (QED) is 0.728. The molecule has 1 N–H and O–H groups in total. The van der Waals surface area contributed by atoms with Crippen LogP contribution in [0.5, 0.6) is 0 Å². The van der Waals surface area contributed by atoms with Gasteiger partial charge in [0.1, 0.15) is 6.07 Å². The van der Waals surface area contributed by atoms with E-state index in [0.717, 1.165) is 36.1 Å². The molecule has 0 aliphatic heterocycles. The molecule has 0 unspecified atom stereocenters. The Morgan fingerprint density at radius 2 is 2.14 bits per heavy atom. The number of aromatic nitrogens is 3. The molecular weight excluding hydrogens is 262 g/mol. The van der Waals surface area contributed by atoms with Gasteiger partial charge in [-0.3, -0.25) is 9.67 Å². The van der Waals surface area contributed by atoms with E-state index in [9.17, 15) is 5.26 Å². The lowest BCUT2D eigenvalue weighted by molar-refractivity contribution is 0.592. The van der Waals surface area contributed by atoms with Crippen molar-refractivity contribution in [3.05, 3.63) is 54.5 Å². The fraction of sp³-hybridized carbons (Fsp3) is 0.188. The first-order valence-electron chi connectivity index (χ1n) is 6.87. The highest BCUT2D eigenvalue weighted by Crippen LogP contribution is 2.25. The summed E-state index contributed by atoms with van der Waals surface area (Å²) in [6, 6.07) is 12.0. The van der Waals surface area contributed by atoms with Gasteiger partial charge < -0.3 is 5.32 Å². The van der Waals surface area contributed by atoms with Gasteiger partial charge in [-0.2, -0.15) is 10.4 Å². The fourth-order valence-electron chi connectivity index (χ4n) is 2.30. The van der Waals surface area contributed by atoms with Crippen LogP contribution in [0.1, 0.15) is 12.0 Å². The summed E-state index contributed by atoms with van der Waals surface area (Å²) in [6.45, 7) is 1.63. The number of aryl methyl sites for hydroxylation is 1. The van der Waals surface area contributed by atoms with Crippen molar-refractivity contribution in [1.29, 1.82) is 5.26 Å². The van der Waals surface area contributed by atoms with Crippen molar-refractivity contribution >= 4 is 16.6 Å². The molecule has 0 spiro atoms. The molecule has 1 aromatic carbocycles. The van der Waals surface area contributed by atoms with E-state index in [2.05, 4.69) is 21.5 Å². The van der Waals surface area contributed by atoms with E-state index in [4.69, 9.17) is 0 Å². The van der Waals surface area contributed by atoms with Crippen LogP contribution in [0.2, 0.25) is 0 Å². The van der Waals surface area contributed by atoms with Crippen molar-refractivity contribution in [2.24, 2.45) is 0 Å². The molecule has 0 atom stereocenters. The van der Waals surface area contributed by atoms with Crippen LogP contribution in [0.4, 0.5) is 5.69 Å². The van der Waals surface area contributed by atoms with Crippen LogP contribution >= 0.6 is 0 Å². The predicted octanol–water partition coefficient (Wildman–Crippen LogP) is 2.81. The number of rotatable bonds is 5. The number of hydrogen-bond donors (Lipinski definition) is 1. The number of hydrogen-bond acceptors (Lipinski definition) is 4. The Morgan fingerprint density at radius 3 is 2.95 bits per heavy atom. The smallest absolute Gasteiger partial charge is 0.103 e. The molecular formula is C16H15N5. The van der Waals surface area contributed by atoms with E-state index in [0.29, 0.717) is 5.56 Å². The number of para-hydroxylation sites is 1. The van der Waals surface area contributed by atoms with Gasteiger partial charge in [-0.25, -0.2) is 0 Å². The third-order valence-corrected chi connectivity index (χ3v) is 3.32. The maximum Gasteiger partial charge on any atom is 0.103 e. The summed E-state index contributed by atoms with van der Waals surface area (Å²) in [5.41, 5.74) is 2.34. The highest BCUT2D eigenvalue weighted by atomic mass is 15.3. The number of benzene rings is 1. The second-order valence-corrected chi connectivity index (χ2v) is 4.73. The molecule has 0 amide bonds. The molecule has 3 aromatic rings. The van der Waals surface area contributed by atoms with Crippen molar-refractivity contribution in [3.8, 4) is 6.07 Å². The Labute approximate surface area is 122 Å². The largest absolute Gasteiger partial charge is 0.383 e. The Bertz CT molecular complexity index is 771. The highest BCUT2D eigenvalue weighted by molar-refractivity contribution is 5.93. The summed E-state index contributed by atoms with van der Waals surface area (Å²) in [6.07, 6.45) is 6.28. The fourth-order valence-corrected chi connectivity index (χ4v) is 2.30. The summed E-state index contributed by atoms with van der Waals surface area (Å²) in [5, 5.41) is 17.8. The van der Waals surface area contributed by atoms with Gasteiger partial charge in [0.2, 0.25) is 0 Å². The molecule has 0 radical (unpaired) electrons. The van der Waals surface area contributed by atoms with Crippen molar-refractivity contribution in [1.82, 2.24) is 14.8 Å². The Balaban J connectivity index is 1.74. The number of anilines is 1. The van der Waals surface area contributed by atoms with Gasteiger partial charge in [-0.1, -0.05) is 18.2 Å². The van der Waals surface area contributed by atoms with E-state index in [-0.39, 0.29) is 0 Å². The van der Waals surface area contributed by atoms with E-state index in [1.54, 1.807) is 12.4 Å². The zero-order valence-electron chi connectivity index (χ0n) is 11.5. The summed E-state index contributed by atoms with van der Waals surface area (Å²) < 4.78 is 1.90. The zero-order chi connectivity index (χ0) is 14.5. The van der Waals surface area contributed by atoms with Gasteiger partial charge in [-0.05, 0) is 18.6 Å². The van der Waals surface area contributed by atoms with Gasteiger partial charge in [0, 0.05) is 37.1 Å². The monoisotopic (exact) mass is 277 g/mol. The van der Waals surface area contributed by atoms with Crippen molar-refractivity contribution in [2.75, 3.05) is 11.9 Å². The van der Waals surface area contributed by atoms with Crippen LogP contribution in [-0.2, 0) is 6.54 Å². The number of nitrogens with one attached hydrogen (secondary N) is 1. The van der Waals surface area contributed by atoms with Crippen LogP contribution < -0.4 is 5.32 Å². The van der Waals surface area contributed by atoms with Crippen LogP contribution in [0.3, 0.4) is 0 Å². The second-order valence-electron chi connectivity index (χ2n) is 4.73. The number of fused-ring (bicyclic) bond motifs is 1. The molecule has 0 aliphatic carbocycles. The molecule has 2 aromatic heterocycles. The minimum atomic E-state index is 0.577. The first-order chi connectivity index (χ1) is 10.4. The predicted molar refractivity (Wildman–Crippen MR) is 81.8 cm³/mol. The summed E-state index contributed by atoms with van der Waals surface area (Å²) in [7, 11) is 0. The molecule has 0 saturated carbocycles. The first-order valence-corrected chi connectivity index (χ1v) is 6.87. The van der Waals surface area contributed by atoms with Crippen molar-refractivity contribution in [2.45, 2.75) is 13.0 Å². The number of nitrogens with zero attached hydrogens (tertiary/aromatic N) is 4. The number of pyridine rings is 1. The average molecular weight is 277 g/mol. The SMILES string of the molecule is N#Cc1cnc2ccccc2c1NCCCn1cccn1. The maximum atomic E-state index is 9.24. The lowest BCUT2D eigenvalue weighted by Crippen LogP contribution is -2.08. The molecule has 21 heavy (non-hydrogen) atoms. The van der Waals surface area contributed by atoms with E-state index in [1.165, 1.54) is 0 Å². The Morgan fingerprint density at radius 1 is 1.24 bits per heavy atom. The van der Waals surface area contributed by atoms with Gasteiger partial charge >= 0.3 is 0 Å².